The second kappa shape index (κ2) is 17.9. The molecule has 2 unspecified atom stereocenters. The Balaban J connectivity index is 0. The summed E-state index contributed by atoms with van der Waals surface area (Å²) in [4.78, 5) is 9.93. The summed E-state index contributed by atoms with van der Waals surface area (Å²) in [5.41, 5.74) is 0. The van der Waals surface area contributed by atoms with Gasteiger partial charge in [-0.25, -0.2) is 4.79 Å². The normalized spacial score (nSPS) is 19.6. The standard InChI is InChI=1S/C9H16.C8H12O.C2H6/c1-3-5-7-9-8-6-4-2;1-7-3-2-4-8(7)5-6-9;1-2/h3-4H,1-2,5-9H2;5,7-8H,2-4H2,1H3;1-2H3. The largest absolute Gasteiger partial charge is 0.234 e. The van der Waals surface area contributed by atoms with E-state index in [1.54, 1.807) is 6.08 Å². The maximum Gasteiger partial charge on any atom is 0.120 e. The Kier molecular flexibility index (Phi) is 19.0. The van der Waals surface area contributed by atoms with Crippen molar-refractivity contribution in [3.8, 4) is 0 Å². The van der Waals surface area contributed by atoms with Gasteiger partial charge in [0.2, 0.25) is 0 Å². The predicted octanol–water partition coefficient (Wildman–Crippen LogP) is 6.15. The molecule has 0 bridgehead atoms. The van der Waals surface area contributed by atoms with Crippen molar-refractivity contribution in [3.05, 3.63) is 31.4 Å². The monoisotopic (exact) mass is 278 g/mol. The van der Waals surface area contributed by atoms with E-state index in [9.17, 15) is 4.79 Å². The number of hydrogen-bond donors (Lipinski definition) is 0. The first-order valence-corrected chi connectivity index (χ1v) is 8.19. The van der Waals surface area contributed by atoms with Crippen molar-refractivity contribution in [3.63, 3.8) is 0 Å². The highest BCUT2D eigenvalue weighted by molar-refractivity contribution is 5.45. The van der Waals surface area contributed by atoms with Gasteiger partial charge in [0.1, 0.15) is 5.94 Å². The Hall–Kier alpha value is -1.07. The first kappa shape index (κ1) is 21.2. The summed E-state index contributed by atoms with van der Waals surface area (Å²) < 4.78 is 0. The summed E-state index contributed by atoms with van der Waals surface area (Å²) >= 11 is 0. The van der Waals surface area contributed by atoms with Crippen LogP contribution in [0.25, 0.3) is 0 Å². The number of rotatable bonds is 7. The lowest BCUT2D eigenvalue weighted by molar-refractivity contribution is 0.500. The van der Waals surface area contributed by atoms with Gasteiger partial charge in [0.25, 0.3) is 0 Å². The van der Waals surface area contributed by atoms with Crippen molar-refractivity contribution in [2.75, 3.05) is 0 Å². The van der Waals surface area contributed by atoms with Crippen LogP contribution < -0.4 is 0 Å². The highest BCUT2D eigenvalue weighted by Crippen LogP contribution is 2.31. The molecule has 116 valence electrons. The molecule has 0 aromatic heterocycles. The van der Waals surface area contributed by atoms with E-state index in [2.05, 4.69) is 20.1 Å². The van der Waals surface area contributed by atoms with Crippen LogP contribution in [0.2, 0.25) is 0 Å². The van der Waals surface area contributed by atoms with Crippen LogP contribution in [-0.2, 0) is 4.79 Å². The molecular formula is C19H34O. The van der Waals surface area contributed by atoms with E-state index < -0.39 is 0 Å². The Morgan fingerprint density at radius 3 is 1.95 bits per heavy atom. The number of allylic oxidation sites excluding steroid dienone is 3. The zero-order valence-electron chi connectivity index (χ0n) is 13.9. The quantitative estimate of drug-likeness (QED) is 0.310. The van der Waals surface area contributed by atoms with Crippen molar-refractivity contribution in [1.82, 2.24) is 0 Å². The van der Waals surface area contributed by atoms with Gasteiger partial charge in [-0.05, 0) is 43.9 Å². The molecular weight excluding hydrogens is 244 g/mol. The first-order chi connectivity index (χ1) is 9.76. The van der Waals surface area contributed by atoms with E-state index in [0.29, 0.717) is 11.8 Å². The molecule has 1 fully saturated rings. The van der Waals surface area contributed by atoms with Gasteiger partial charge in [-0.3, -0.25) is 0 Å². The average Bonchev–Trinajstić information content (AvgIpc) is 2.88. The fourth-order valence-electron chi connectivity index (χ4n) is 2.26. The van der Waals surface area contributed by atoms with Gasteiger partial charge >= 0.3 is 0 Å². The second-order valence-electron chi connectivity index (χ2n) is 5.07. The van der Waals surface area contributed by atoms with Crippen LogP contribution in [0, 0.1) is 11.8 Å². The van der Waals surface area contributed by atoms with Gasteiger partial charge in [0, 0.05) is 6.08 Å². The fraction of sp³-hybridized carbons (Fsp3) is 0.684. The van der Waals surface area contributed by atoms with E-state index in [0.717, 1.165) is 12.8 Å². The number of unbranched alkanes of at least 4 members (excludes halogenated alkanes) is 4. The lowest BCUT2D eigenvalue weighted by Crippen LogP contribution is -1.98. The van der Waals surface area contributed by atoms with Crippen LogP contribution in [-0.4, -0.2) is 5.94 Å². The molecule has 0 aliphatic heterocycles. The van der Waals surface area contributed by atoms with Crippen molar-refractivity contribution in [1.29, 1.82) is 0 Å². The summed E-state index contributed by atoms with van der Waals surface area (Å²) in [5, 5.41) is 0. The SMILES string of the molecule is C=CCCCCCC=C.CC.CC1CCCC1C=C=O. The van der Waals surface area contributed by atoms with Crippen LogP contribution in [0.15, 0.2) is 31.4 Å². The van der Waals surface area contributed by atoms with Crippen LogP contribution in [0.4, 0.5) is 0 Å². The summed E-state index contributed by atoms with van der Waals surface area (Å²) in [5.74, 6) is 3.11. The Labute approximate surface area is 126 Å². The smallest absolute Gasteiger partial charge is 0.120 e. The zero-order valence-corrected chi connectivity index (χ0v) is 13.9. The van der Waals surface area contributed by atoms with Gasteiger partial charge in [-0.15, -0.1) is 13.2 Å². The van der Waals surface area contributed by atoms with Gasteiger partial charge in [-0.2, -0.15) is 0 Å². The minimum Gasteiger partial charge on any atom is -0.234 e. The lowest BCUT2D eigenvalue weighted by Gasteiger charge is -2.05. The van der Waals surface area contributed by atoms with Crippen LogP contribution in [0.1, 0.15) is 72.1 Å². The summed E-state index contributed by atoms with van der Waals surface area (Å²) in [7, 11) is 0. The molecule has 0 aromatic rings. The van der Waals surface area contributed by atoms with Crippen molar-refractivity contribution in [2.24, 2.45) is 11.8 Å². The molecule has 1 aliphatic rings. The molecule has 0 amide bonds. The number of hydrogen-bond acceptors (Lipinski definition) is 1. The highest BCUT2D eigenvalue weighted by atomic mass is 16.1. The number of carbonyl (C=O) groups excluding carboxylic acids is 1. The third kappa shape index (κ3) is 13.4. The van der Waals surface area contributed by atoms with Gasteiger partial charge in [0.15, 0.2) is 0 Å². The Bertz CT molecular complexity index is 251. The molecule has 0 N–H and O–H groups in total. The van der Waals surface area contributed by atoms with Gasteiger partial charge in [0.05, 0.1) is 0 Å². The minimum atomic E-state index is 0.530. The van der Waals surface area contributed by atoms with Gasteiger partial charge < -0.3 is 0 Å². The van der Waals surface area contributed by atoms with Crippen LogP contribution in [0.3, 0.4) is 0 Å². The van der Waals surface area contributed by atoms with E-state index in [4.69, 9.17) is 0 Å². The summed E-state index contributed by atoms with van der Waals surface area (Å²) in [6, 6.07) is 0. The molecule has 2 atom stereocenters. The van der Waals surface area contributed by atoms with E-state index in [1.807, 2.05) is 31.9 Å². The van der Waals surface area contributed by atoms with Crippen molar-refractivity contribution < 1.29 is 4.79 Å². The summed E-state index contributed by atoms with van der Waals surface area (Å²) in [6.07, 6.45) is 15.6. The molecule has 20 heavy (non-hydrogen) atoms. The maximum absolute atomic E-state index is 9.93. The van der Waals surface area contributed by atoms with Gasteiger partial charge in [-0.1, -0.05) is 52.2 Å². The Morgan fingerprint density at radius 1 is 1.05 bits per heavy atom. The van der Waals surface area contributed by atoms with E-state index in [1.165, 1.54) is 38.5 Å². The molecule has 0 heterocycles. The summed E-state index contributed by atoms with van der Waals surface area (Å²) in [6.45, 7) is 13.5. The highest BCUT2D eigenvalue weighted by Gasteiger charge is 2.20. The zero-order chi connectivity index (χ0) is 15.6. The molecule has 0 aromatic carbocycles. The third-order valence-corrected chi connectivity index (χ3v) is 3.53. The molecule has 1 nitrogen and oxygen atoms in total. The van der Waals surface area contributed by atoms with Crippen molar-refractivity contribution in [2.45, 2.75) is 72.1 Å². The molecule has 0 spiro atoms. The maximum atomic E-state index is 9.93. The molecule has 1 rings (SSSR count). The van der Waals surface area contributed by atoms with E-state index >= 15 is 0 Å². The van der Waals surface area contributed by atoms with Crippen molar-refractivity contribution >= 4 is 5.94 Å². The third-order valence-electron chi connectivity index (χ3n) is 3.53. The topological polar surface area (TPSA) is 17.1 Å². The Morgan fingerprint density at radius 2 is 1.60 bits per heavy atom. The van der Waals surface area contributed by atoms with Crippen LogP contribution >= 0.6 is 0 Å². The lowest BCUT2D eigenvalue weighted by atomic mass is 9.99. The predicted molar refractivity (Wildman–Crippen MR) is 91.6 cm³/mol. The average molecular weight is 278 g/mol. The molecule has 0 radical (unpaired) electrons. The minimum absolute atomic E-state index is 0.530. The van der Waals surface area contributed by atoms with E-state index in [-0.39, 0.29) is 0 Å². The second-order valence-corrected chi connectivity index (χ2v) is 5.07. The molecule has 1 aliphatic carbocycles. The van der Waals surface area contributed by atoms with Crippen LogP contribution in [0.5, 0.6) is 0 Å². The first-order valence-electron chi connectivity index (χ1n) is 8.19. The molecule has 1 saturated carbocycles. The molecule has 0 saturated heterocycles. The fourth-order valence-corrected chi connectivity index (χ4v) is 2.26. The molecule has 1 heteroatoms.